The van der Waals surface area contributed by atoms with E-state index in [0.29, 0.717) is 0 Å². The molecule has 0 aliphatic carbocycles. The van der Waals surface area contributed by atoms with Crippen LogP contribution in [0.1, 0.15) is 149 Å². The normalized spacial score (nSPS) is 10.3. The highest BCUT2D eigenvalue weighted by atomic mass is 32.1. The lowest BCUT2D eigenvalue weighted by Crippen LogP contribution is -1.92. The number of hydrogen-bond acceptors (Lipinski definition) is 7. The monoisotopic (exact) mass is 1230 g/mol. The maximum Gasteiger partial charge on any atom is 0.104 e. The number of nitrogens with zero attached hydrogens (tertiary/aromatic N) is 5. The summed E-state index contributed by atoms with van der Waals surface area (Å²) < 4.78 is 15.0. The van der Waals surface area contributed by atoms with Gasteiger partial charge in [-0.25, -0.2) is 0 Å². The van der Waals surface area contributed by atoms with Crippen LogP contribution in [0.3, 0.4) is 0 Å². The highest BCUT2D eigenvalue weighted by molar-refractivity contribution is 7.12. The van der Waals surface area contributed by atoms with Crippen molar-refractivity contribution in [3.05, 3.63) is 259 Å². The molecule has 0 bridgehead atoms. The van der Waals surface area contributed by atoms with Gasteiger partial charge in [0.1, 0.15) is 23.0 Å². The molecule has 0 amide bonds. The SMILES string of the molecule is Cc1c(C)c(C)n(C)c1C.Cc1cc(C)c(C)o1.Cc1cc(C)c(C)s1.Cc1cc(C)n(C)c1C.Cc1cc2ccccc2c(C)n1.Cc1cccc2c(C)nccc12.Cc1cnc(C)c2ccccc12.Cc1oc(C)c(C)c1C.Cc1sc(C)c(C)c1C. The fourth-order valence-electron chi connectivity index (χ4n) is 10.2. The molecule has 0 radical (unpaired) electrons. The third kappa shape index (κ3) is 20.5. The summed E-state index contributed by atoms with van der Waals surface area (Å²) in [5.41, 5.74) is 24.9. The van der Waals surface area contributed by atoms with Crippen molar-refractivity contribution in [3.8, 4) is 0 Å². The molecule has 0 aliphatic heterocycles. The highest BCUT2D eigenvalue weighted by Gasteiger charge is 2.08. The molecule has 12 rings (SSSR count). The topological polar surface area (TPSA) is 74.8 Å². The van der Waals surface area contributed by atoms with Gasteiger partial charge in [-0.15, -0.1) is 22.7 Å². The summed E-state index contributed by atoms with van der Waals surface area (Å²) in [6, 6.07) is 33.7. The lowest BCUT2D eigenvalue weighted by atomic mass is 10.1. The van der Waals surface area contributed by atoms with Crippen molar-refractivity contribution in [3.63, 3.8) is 0 Å². The van der Waals surface area contributed by atoms with E-state index in [9.17, 15) is 0 Å². The molecular weight excluding hydrogens is 1130 g/mol. The predicted molar refractivity (Wildman–Crippen MR) is 390 cm³/mol. The molecule has 474 valence electrons. The van der Waals surface area contributed by atoms with Crippen molar-refractivity contribution in [2.24, 2.45) is 14.1 Å². The molecule has 9 heterocycles. The Labute approximate surface area is 544 Å². The first kappa shape index (κ1) is 73.9. The zero-order valence-corrected chi connectivity index (χ0v) is 61.4. The number of fused-ring (bicyclic) bond motifs is 3. The third-order valence-electron chi connectivity index (χ3n) is 17.6. The van der Waals surface area contributed by atoms with Gasteiger partial charge in [-0.1, -0.05) is 66.7 Å². The van der Waals surface area contributed by atoms with Crippen LogP contribution in [0, 0.1) is 187 Å². The number of hydrogen-bond donors (Lipinski definition) is 0. The molecule has 0 saturated heterocycles. The van der Waals surface area contributed by atoms with Crippen LogP contribution in [0.5, 0.6) is 0 Å². The Balaban J connectivity index is 0.000000215. The second-order valence-corrected chi connectivity index (χ2v) is 26.8. The van der Waals surface area contributed by atoms with Gasteiger partial charge in [-0.2, -0.15) is 0 Å². The number of aryl methyl sites for hydroxylation is 18. The Morgan fingerprint density at radius 1 is 0.348 bits per heavy atom. The van der Waals surface area contributed by atoms with Crippen LogP contribution in [0.15, 0.2) is 118 Å². The van der Waals surface area contributed by atoms with Gasteiger partial charge in [0.05, 0.1) is 0 Å². The van der Waals surface area contributed by atoms with E-state index in [-0.39, 0.29) is 0 Å². The molecule has 0 aliphatic rings. The molecule has 0 spiro atoms. The predicted octanol–water partition coefficient (Wildman–Crippen LogP) is 23.1. The van der Waals surface area contributed by atoms with Crippen molar-refractivity contribution in [1.29, 1.82) is 0 Å². The smallest absolute Gasteiger partial charge is 0.104 e. The Hall–Kier alpha value is -7.59. The Kier molecular flexibility index (Phi) is 28.1. The number of furan rings is 2. The van der Waals surface area contributed by atoms with Crippen LogP contribution in [-0.4, -0.2) is 24.1 Å². The first-order valence-electron chi connectivity index (χ1n) is 31.0. The molecular formula is C80H105N5O2S2. The molecule has 89 heavy (non-hydrogen) atoms. The second-order valence-electron chi connectivity index (χ2n) is 23.9. The maximum atomic E-state index is 5.34. The summed E-state index contributed by atoms with van der Waals surface area (Å²) in [7, 11) is 4.21. The van der Waals surface area contributed by atoms with E-state index >= 15 is 0 Å². The van der Waals surface area contributed by atoms with E-state index in [2.05, 4.69) is 255 Å². The average Bonchev–Trinajstić information content (AvgIpc) is 4.36. The maximum absolute atomic E-state index is 5.34. The van der Waals surface area contributed by atoms with E-state index in [1.807, 2.05) is 103 Å². The van der Waals surface area contributed by atoms with Gasteiger partial charge < -0.3 is 18.0 Å². The van der Waals surface area contributed by atoms with Gasteiger partial charge in [0.25, 0.3) is 0 Å². The minimum Gasteiger partial charge on any atom is -0.466 e. The van der Waals surface area contributed by atoms with Crippen molar-refractivity contribution in [2.75, 3.05) is 0 Å². The molecule has 0 unspecified atom stereocenters. The fraction of sp³-hybridized carbons (Fsp3) is 0.362. The molecule has 0 atom stereocenters. The largest absolute Gasteiger partial charge is 0.466 e. The quantitative estimate of drug-likeness (QED) is 0.151. The van der Waals surface area contributed by atoms with E-state index in [0.717, 1.165) is 45.8 Å². The third-order valence-corrected chi connectivity index (χ3v) is 19.9. The Bertz CT molecular complexity index is 3790. The lowest BCUT2D eigenvalue weighted by molar-refractivity contribution is 0.501. The summed E-state index contributed by atoms with van der Waals surface area (Å²) in [6.07, 6.45) is 3.79. The van der Waals surface area contributed by atoms with E-state index in [1.54, 1.807) is 0 Å². The fourth-order valence-corrected chi connectivity index (χ4v) is 12.2. The molecule has 3 aromatic carbocycles. The van der Waals surface area contributed by atoms with Crippen molar-refractivity contribution in [2.45, 2.75) is 187 Å². The van der Waals surface area contributed by atoms with Crippen LogP contribution >= 0.6 is 22.7 Å². The summed E-state index contributed by atoms with van der Waals surface area (Å²) in [4.78, 5) is 18.7. The second kappa shape index (κ2) is 33.8. The summed E-state index contributed by atoms with van der Waals surface area (Å²) in [5, 5.41) is 7.68. The molecule has 12 aromatic rings. The number of thiophene rings is 2. The average molecular weight is 1230 g/mol. The first-order valence-corrected chi connectivity index (χ1v) is 32.6. The molecule has 0 saturated carbocycles. The summed E-state index contributed by atoms with van der Waals surface area (Å²) in [5.74, 6) is 4.12. The van der Waals surface area contributed by atoms with Crippen molar-refractivity contribution >= 4 is 55.0 Å². The number of benzene rings is 3. The first-order chi connectivity index (χ1) is 41.7. The minimum atomic E-state index is 1.00. The van der Waals surface area contributed by atoms with Gasteiger partial charge in [-0.05, 0) is 295 Å². The highest BCUT2D eigenvalue weighted by Crippen LogP contribution is 2.26. The number of pyridine rings is 3. The summed E-state index contributed by atoms with van der Waals surface area (Å²) >= 11 is 3.77. The Morgan fingerprint density at radius 3 is 1.21 bits per heavy atom. The molecule has 0 N–H and O–H groups in total. The van der Waals surface area contributed by atoms with Gasteiger partial charge in [-0.3, -0.25) is 15.0 Å². The zero-order chi connectivity index (χ0) is 66.9. The lowest BCUT2D eigenvalue weighted by Gasteiger charge is -2.02. The zero-order valence-electron chi connectivity index (χ0n) is 59.8. The van der Waals surface area contributed by atoms with Crippen molar-refractivity contribution in [1.82, 2.24) is 24.1 Å². The van der Waals surface area contributed by atoms with Gasteiger partial charge in [0.15, 0.2) is 0 Å². The minimum absolute atomic E-state index is 1.00. The van der Waals surface area contributed by atoms with Crippen LogP contribution in [0.2, 0.25) is 0 Å². The van der Waals surface area contributed by atoms with E-state index < -0.39 is 0 Å². The van der Waals surface area contributed by atoms with Crippen LogP contribution in [-0.2, 0) is 14.1 Å². The van der Waals surface area contributed by atoms with Crippen molar-refractivity contribution < 1.29 is 8.83 Å². The van der Waals surface area contributed by atoms with Gasteiger partial charge in [0.2, 0.25) is 0 Å². The number of aromatic nitrogens is 5. The molecule has 9 heteroatoms. The summed E-state index contributed by atoms with van der Waals surface area (Å²) in [6.45, 7) is 56.8. The van der Waals surface area contributed by atoms with Crippen LogP contribution in [0.25, 0.3) is 32.3 Å². The van der Waals surface area contributed by atoms with Gasteiger partial charge in [0, 0.05) is 108 Å². The standard InChI is InChI=1S/3C11H11N.C9H15N.C8H13N.C8H12O.C8H12S.C7H10O.C7H10S/c1-8-4-3-5-11-9(2)12-7-6-10(8)11;1-8-7-12-9(2)11-6-4-3-5-10(8)11;1-8-7-10-5-3-4-6-11(10)9(2)12-8;1-6-7(2)9(4)10(5)8(6)3;1-6-5-7(2)9(4)8(6)3;2*1-5-6(2)8(4)9-7(5)3;2*1-5-4-6(2)8-7(5)3/h3*3-7H,1-2H3;1-5H3;5H,1-4H3;2*1-4H3;2*4H,1-3H3. The number of rotatable bonds is 0. The van der Waals surface area contributed by atoms with Crippen LogP contribution in [0.4, 0.5) is 0 Å². The molecule has 9 aromatic heterocycles. The van der Waals surface area contributed by atoms with Crippen LogP contribution < -0.4 is 0 Å². The molecule has 7 nitrogen and oxygen atoms in total. The van der Waals surface area contributed by atoms with Gasteiger partial charge >= 0.3 is 0 Å². The molecule has 0 fully saturated rings. The Morgan fingerprint density at radius 2 is 0.854 bits per heavy atom. The van der Waals surface area contributed by atoms with E-state index in [4.69, 9.17) is 8.83 Å². The van der Waals surface area contributed by atoms with E-state index in [1.165, 1.54) is 136 Å².